The van der Waals surface area contributed by atoms with Crippen molar-refractivity contribution in [3.8, 4) is 0 Å². The molecular formula is C15H20N2O4. The van der Waals surface area contributed by atoms with Crippen LogP contribution in [0.3, 0.4) is 0 Å². The third-order valence-electron chi connectivity index (χ3n) is 3.48. The molecule has 6 nitrogen and oxygen atoms in total. The van der Waals surface area contributed by atoms with Gasteiger partial charge in [-0.25, -0.2) is 4.79 Å². The molecule has 1 aliphatic heterocycles. The molecular weight excluding hydrogens is 272 g/mol. The summed E-state index contributed by atoms with van der Waals surface area (Å²) in [6.45, 7) is 1.24. The fourth-order valence-corrected chi connectivity index (χ4v) is 2.30. The van der Waals surface area contributed by atoms with Crippen LogP contribution in [0, 0.1) is 0 Å². The van der Waals surface area contributed by atoms with Gasteiger partial charge in [0.25, 0.3) is 0 Å². The molecule has 1 fully saturated rings. The molecule has 0 radical (unpaired) electrons. The monoisotopic (exact) mass is 292 g/mol. The average molecular weight is 292 g/mol. The van der Waals surface area contributed by atoms with E-state index < -0.39 is 11.9 Å². The highest BCUT2D eigenvalue weighted by Gasteiger charge is 2.21. The first-order chi connectivity index (χ1) is 10.2. The standard InChI is InChI=1S/C15H20N2O4/c18-14(19)13(11-5-2-1-3-6-11)10-17-15(20)16-9-12-7-4-8-21-12/h1-3,5-6,12-13H,4,7-10H2,(H,18,19)(H2,16,17,20). The largest absolute Gasteiger partial charge is 0.481 e. The number of urea groups is 1. The van der Waals surface area contributed by atoms with E-state index in [4.69, 9.17) is 4.74 Å². The van der Waals surface area contributed by atoms with Crippen molar-refractivity contribution in [2.75, 3.05) is 19.7 Å². The van der Waals surface area contributed by atoms with Crippen LogP contribution in [-0.2, 0) is 9.53 Å². The highest BCUT2D eigenvalue weighted by atomic mass is 16.5. The molecule has 0 saturated carbocycles. The predicted octanol–water partition coefficient (Wildman–Crippen LogP) is 1.33. The van der Waals surface area contributed by atoms with Crippen molar-refractivity contribution in [2.24, 2.45) is 0 Å². The predicted molar refractivity (Wildman–Crippen MR) is 77.2 cm³/mol. The summed E-state index contributed by atoms with van der Waals surface area (Å²) >= 11 is 0. The van der Waals surface area contributed by atoms with Gasteiger partial charge in [-0.2, -0.15) is 0 Å². The summed E-state index contributed by atoms with van der Waals surface area (Å²) < 4.78 is 5.40. The van der Waals surface area contributed by atoms with E-state index in [2.05, 4.69) is 10.6 Å². The number of rotatable bonds is 6. The van der Waals surface area contributed by atoms with E-state index in [-0.39, 0.29) is 18.7 Å². The van der Waals surface area contributed by atoms with Gasteiger partial charge in [-0.1, -0.05) is 30.3 Å². The summed E-state index contributed by atoms with van der Waals surface area (Å²) in [7, 11) is 0. The Morgan fingerprint density at radius 3 is 2.67 bits per heavy atom. The van der Waals surface area contributed by atoms with Crippen LogP contribution < -0.4 is 10.6 Å². The van der Waals surface area contributed by atoms with E-state index in [0.717, 1.165) is 19.4 Å². The Hall–Kier alpha value is -2.08. The van der Waals surface area contributed by atoms with E-state index in [9.17, 15) is 14.7 Å². The van der Waals surface area contributed by atoms with E-state index in [0.29, 0.717) is 12.1 Å². The number of carboxylic acids is 1. The van der Waals surface area contributed by atoms with E-state index in [1.54, 1.807) is 24.3 Å². The Bertz CT molecular complexity index is 472. The fraction of sp³-hybridized carbons (Fsp3) is 0.467. The first kappa shape index (κ1) is 15.3. The second-order valence-electron chi connectivity index (χ2n) is 5.03. The fourth-order valence-electron chi connectivity index (χ4n) is 2.30. The number of carboxylic acid groups (broad SMARTS) is 1. The maximum absolute atomic E-state index is 11.7. The molecule has 0 spiro atoms. The topological polar surface area (TPSA) is 87.7 Å². The Labute approximate surface area is 123 Å². The minimum atomic E-state index is -0.958. The molecule has 1 aromatic rings. The highest BCUT2D eigenvalue weighted by Crippen LogP contribution is 2.14. The molecule has 1 aliphatic rings. The molecule has 6 heteroatoms. The molecule has 1 aromatic carbocycles. The normalized spacial score (nSPS) is 19.0. The van der Waals surface area contributed by atoms with Crippen LogP contribution in [0.5, 0.6) is 0 Å². The molecule has 1 heterocycles. The molecule has 2 unspecified atom stereocenters. The average Bonchev–Trinajstić information content (AvgIpc) is 2.99. The third-order valence-corrected chi connectivity index (χ3v) is 3.48. The number of ether oxygens (including phenoxy) is 1. The van der Waals surface area contributed by atoms with Gasteiger partial charge in [0.2, 0.25) is 0 Å². The van der Waals surface area contributed by atoms with Gasteiger partial charge in [-0.3, -0.25) is 4.79 Å². The molecule has 2 amide bonds. The van der Waals surface area contributed by atoms with Gasteiger partial charge in [0.1, 0.15) is 0 Å². The van der Waals surface area contributed by atoms with Crippen molar-refractivity contribution in [3.05, 3.63) is 35.9 Å². The number of carbonyl (C=O) groups excluding carboxylic acids is 1. The molecule has 114 valence electrons. The molecule has 3 N–H and O–H groups in total. The van der Waals surface area contributed by atoms with E-state index >= 15 is 0 Å². The van der Waals surface area contributed by atoms with E-state index in [1.165, 1.54) is 0 Å². The van der Waals surface area contributed by atoms with Crippen molar-refractivity contribution >= 4 is 12.0 Å². The molecule has 2 atom stereocenters. The Morgan fingerprint density at radius 2 is 2.05 bits per heavy atom. The van der Waals surface area contributed by atoms with Gasteiger partial charge in [-0.05, 0) is 18.4 Å². The lowest BCUT2D eigenvalue weighted by Gasteiger charge is -2.15. The summed E-state index contributed by atoms with van der Waals surface area (Å²) in [6, 6.07) is 8.50. The van der Waals surface area contributed by atoms with Gasteiger partial charge >= 0.3 is 12.0 Å². The first-order valence-electron chi connectivity index (χ1n) is 7.08. The number of carbonyl (C=O) groups is 2. The number of aliphatic carboxylic acids is 1. The number of nitrogens with one attached hydrogen (secondary N) is 2. The Balaban J connectivity index is 1.78. The second kappa shape index (κ2) is 7.64. The summed E-state index contributed by atoms with van der Waals surface area (Å²) in [5.41, 5.74) is 0.671. The number of hydrogen-bond acceptors (Lipinski definition) is 3. The smallest absolute Gasteiger partial charge is 0.314 e. The summed E-state index contributed by atoms with van der Waals surface area (Å²) in [4.78, 5) is 23.0. The quantitative estimate of drug-likeness (QED) is 0.738. The number of hydrogen-bond donors (Lipinski definition) is 3. The summed E-state index contributed by atoms with van der Waals surface area (Å²) in [6.07, 6.45) is 2.03. The minimum absolute atomic E-state index is 0.0523. The molecule has 0 bridgehead atoms. The number of benzene rings is 1. The molecule has 2 rings (SSSR count). The lowest BCUT2D eigenvalue weighted by Crippen LogP contribution is -2.42. The third kappa shape index (κ3) is 4.75. The van der Waals surface area contributed by atoms with Gasteiger partial charge < -0.3 is 20.5 Å². The Kier molecular flexibility index (Phi) is 5.57. The van der Waals surface area contributed by atoms with Crippen LogP contribution in [0.25, 0.3) is 0 Å². The minimum Gasteiger partial charge on any atom is -0.481 e. The van der Waals surface area contributed by atoms with Crippen LogP contribution >= 0.6 is 0 Å². The van der Waals surface area contributed by atoms with Crippen molar-refractivity contribution in [1.82, 2.24) is 10.6 Å². The van der Waals surface area contributed by atoms with Crippen LogP contribution in [0.4, 0.5) is 4.79 Å². The molecule has 0 aromatic heterocycles. The molecule has 0 aliphatic carbocycles. The maximum Gasteiger partial charge on any atom is 0.314 e. The lowest BCUT2D eigenvalue weighted by atomic mass is 9.99. The zero-order chi connectivity index (χ0) is 15.1. The van der Waals surface area contributed by atoms with E-state index in [1.807, 2.05) is 6.07 Å². The van der Waals surface area contributed by atoms with Gasteiger partial charge in [-0.15, -0.1) is 0 Å². The van der Waals surface area contributed by atoms with Gasteiger partial charge in [0.05, 0.1) is 12.0 Å². The van der Waals surface area contributed by atoms with Crippen LogP contribution in [0.15, 0.2) is 30.3 Å². The molecule has 1 saturated heterocycles. The van der Waals surface area contributed by atoms with Crippen molar-refractivity contribution < 1.29 is 19.4 Å². The SMILES string of the molecule is O=C(NCC1CCCO1)NCC(C(=O)O)c1ccccc1. The zero-order valence-electron chi connectivity index (χ0n) is 11.7. The molecule has 21 heavy (non-hydrogen) atoms. The van der Waals surface area contributed by atoms with Crippen LogP contribution in [0.2, 0.25) is 0 Å². The van der Waals surface area contributed by atoms with Gasteiger partial charge in [0.15, 0.2) is 0 Å². The van der Waals surface area contributed by atoms with Crippen LogP contribution in [0.1, 0.15) is 24.3 Å². The summed E-state index contributed by atoms with van der Waals surface area (Å²) in [5, 5.41) is 14.6. The second-order valence-corrected chi connectivity index (χ2v) is 5.03. The highest BCUT2D eigenvalue weighted by molar-refractivity contribution is 5.79. The Morgan fingerprint density at radius 1 is 1.29 bits per heavy atom. The first-order valence-corrected chi connectivity index (χ1v) is 7.08. The van der Waals surface area contributed by atoms with Crippen molar-refractivity contribution in [3.63, 3.8) is 0 Å². The van der Waals surface area contributed by atoms with Crippen LogP contribution in [-0.4, -0.2) is 42.9 Å². The zero-order valence-corrected chi connectivity index (χ0v) is 11.7. The van der Waals surface area contributed by atoms with Crippen molar-refractivity contribution in [2.45, 2.75) is 24.9 Å². The lowest BCUT2D eigenvalue weighted by molar-refractivity contribution is -0.138. The number of amides is 2. The maximum atomic E-state index is 11.7. The van der Waals surface area contributed by atoms with Crippen molar-refractivity contribution in [1.29, 1.82) is 0 Å². The summed E-state index contributed by atoms with van der Waals surface area (Å²) in [5.74, 6) is -1.71. The van der Waals surface area contributed by atoms with Gasteiger partial charge in [0, 0.05) is 19.7 Å².